The molecular weight excluding hydrogens is 423 g/mol. The van der Waals surface area contributed by atoms with E-state index in [0.717, 1.165) is 61.9 Å². The van der Waals surface area contributed by atoms with Crippen LogP contribution in [0.3, 0.4) is 0 Å². The Balaban J connectivity index is 1.63. The monoisotopic (exact) mass is 448 g/mol. The van der Waals surface area contributed by atoms with E-state index < -0.39 is 0 Å². The predicted octanol–water partition coefficient (Wildman–Crippen LogP) is 7.84. The van der Waals surface area contributed by atoms with Gasteiger partial charge in [-0.05, 0) is 65.9 Å². The zero-order valence-corrected chi connectivity index (χ0v) is 19.2. The van der Waals surface area contributed by atoms with Crippen molar-refractivity contribution in [2.24, 2.45) is 0 Å². The van der Waals surface area contributed by atoms with Crippen molar-refractivity contribution < 1.29 is 4.39 Å². The number of allylic oxidation sites excluding steroid dienone is 5. The Bertz CT molecular complexity index is 1580. The van der Waals surface area contributed by atoms with Crippen LogP contribution >= 0.6 is 0 Å². The highest BCUT2D eigenvalue weighted by molar-refractivity contribution is 6.01. The van der Waals surface area contributed by atoms with Gasteiger partial charge in [-0.1, -0.05) is 49.9 Å². The lowest BCUT2D eigenvalue weighted by Gasteiger charge is -2.05. The van der Waals surface area contributed by atoms with Crippen molar-refractivity contribution in [3.05, 3.63) is 103 Å². The predicted molar refractivity (Wildman–Crippen MR) is 139 cm³/mol. The van der Waals surface area contributed by atoms with Crippen molar-refractivity contribution in [1.29, 1.82) is 0 Å². The third kappa shape index (κ3) is 3.86. The number of halogens is 1. The van der Waals surface area contributed by atoms with E-state index in [1.807, 2.05) is 19.1 Å². The quantitative estimate of drug-likeness (QED) is 0.260. The maximum Gasteiger partial charge on any atom is 0.123 e. The lowest BCUT2D eigenvalue weighted by atomic mass is 9.99. The molecule has 5 aromatic rings. The van der Waals surface area contributed by atoms with Crippen LogP contribution in [0.15, 0.2) is 91.3 Å². The van der Waals surface area contributed by atoms with Gasteiger partial charge in [0.15, 0.2) is 0 Å². The van der Waals surface area contributed by atoms with E-state index in [-0.39, 0.29) is 5.82 Å². The van der Waals surface area contributed by atoms with E-state index in [1.165, 1.54) is 17.7 Å². The van der Waals surface area contributed by atoms with Gasteiger partial charge in [0, 0.05) is 22.5 Å². The average Bonchev–Trinajstić information content (AvgIpc) is 3.48. The fourth-order valence-corrected chi connectivity index (χ4v) is 4.30. The number of aromatic amines is 2. The molecule has 5 heteroatoms. The summed E-state index contributed by atoms with van der Waals surface area (Å²) in [5.41, 5.74) is 8.64. The molecule has 34 heavy (non-hydrogen) atoms. The van der Waals surface area contributed by atoms with E-state index in [2.05, 4.69) is 70.1 Å². The van der Waals surface area contributed by atoms with Crippen LogP contribution in [-0.4, -0.2) is 20.2 Å². The first-order valence-electron chi connectivity index (χ1n) is 11.3. The van der Waals surface area contributed by atoms with Crippen LogP contribution in [0.2, 0.25) is 0 Å². The number of nitrogens with zero attached hydrogens (tertiary/aromatic N) is 2. The van der Waals surface area contributed by atoms with E-state index in [0.29, 0.717) is 0 Å². The molecule has 3 aromatic heterocycles. The van der Waals surface area contributed by atoms with Crippen molar-refractivity contribution in [2.45, 2.75) is 20.3 Å². The molecule has 4 nitrogen and oxygen atoms in total. The Labute approximate surface area is 197 Å². The standard InChI is InChI=1S/C29H25FN4/c1-4-18(5-2)12-19(6-3)20-10-11-26-24(14-20)29(34-33-26)27-15-23-25(16-31-17-28(23)32-27)21-8-7-9-22(30)13-21/h4,6-17,32H,1,5H2,2-3H3,(H,33,34)/b18-12+,19-6+. The van der Waals surface area contributed by atoms with Crippen molar-refractivity contribution >= 4 is 27.4 Å². The van der Waals surface area contributed by atoms with Gasteiger partial charge < -0.3 is 4.98 Å². The first kappa shape index (κ1) is 21.6. The highest BCUT2D eigenvalue weighted by Crippen LogP contribution is 2.34. The molecule has 0 aliphatic carbocycles. The molecule has 0 aliphatic heterocycles. The Morgan fingerprint density at radius 1 is 1.06 bits per heavy atom. The second-order valence-corrected chi connectivity index (χ2v) is 8.20. The van der Waals surface area contributed by atoms with Crippen LogP contribution in [0.1, 0.15) is 25.8 Å². The number of nitrogens with one attached hydrogen (secondary N) is 2. The van der Waals surface area contributed by atoms with Crippen LogP contribution in [0, 0.1) is 5.82 Å². The fourth-order valence-electron chi connectivity index (χ4n) is 4.30. The summed E-state index contributed by atoms with van der Waals surface area (Å²) in [7, 11) is 0. The van der Waals surface area contributed by atoms with Crippen molar-refractivity contribution in [3.8, 4) is 22.5 Å². The minimum absolute atomic E-state index is 0.271. The Hall–Kier alpha value is -4.25. The largest absolute Gasteiger partial charge is 0.352 e. The van der Waals surface area contributed by atoms with Crippen LogP contribution in [-0.2, 0) is 0 Å². The first-order valence-corrected chi connectivity index (χ1v) is 11.3. The number of rotatable bonds is 6. The first-order chi connectivity index (χ1) is 16.6. The summed E-state index contributed by atoms with van der Waals surface area (Å²) in [5.74, 6) is -0.271. The normalized spacial score (nSPS) is 12.6. The van der Waals surface area contributed by atoms with Gasteiger partial charge in [-0.3, -0.25) is 10.1 Å². The lowest BCUT2D eigenvalue weighted by molar-refractivity contribution is 0.628. The number of fused-ring (bicyclic) bond motifs is 2. The molecule has 168 valence electrons. The SMILES string of the molecule is C=C/C(=C\C(=C/C)c1ccc2[nH]nc(-c3cc4c(-c5cccc(F)c5)cncc4[nH]3)c2c1)CC. The number of hydrogen-bond acceptors (Lipinski definition) is 2. The minimum Gasteiger partial charge on any atom is -0.352 e. The summed E-state index contributed by atoms with van der Waals surface area (Å²) in [5, 5.41) is 9.75. The lowest BCUT2D eigenvalue weighted by Crippen LogP contribution is -1.85. The summed E-state index contributed by atoms with van der Waals surface area (Å²) in [6.45, 7) is 8.09. The second kappa shape index (κ2) is 8.94. The molecule has 3 heterocycles. The molecule has 2 aromatic carbocycles. The molecule has 0 unspecified atom stereocenters. The number of aromatic nitrogens is 4. The molecule has 0 spiro atoms. The second-order valence-electron chi connectivity index (χ2n) is 8.20. The Kier molecular flexibility index (Phi) is 5.68. The number of pyridine rings is 1. The molecule has 0 amide bonds. The zero-order chi connectivity index (χ0) is 23.7. The number of hydrogen-bond donors (Lipinski definition) is 2. The van der Waals surface area contributed by atoms with Crippen LogP contribution in [0.5, 0.6) is 0 Å². The van der Waals surface area contributed by atoms with Gasteiger partial charge in [-0.2, -0.15) is 5.10 Å². The highest BCUT2D eigenvalue weighted by atomic mass is 19.1. The van der Waals surface area contributed by atoms with Crippen LogP contribution < -0.4 is 0 Å². The van der Waals surface area contributed by atoms with Gasteiger partial charge in [0.1, 0.15) is 11.5 Å². The fraction of sp³-hybridized carbons (Fsp3) is 0.103. The highest BCUT2D eigenvalue weighted by Gasteiger charge is 2.15. The topological polar surface area (TPSA) is 57.4 Å². The molecule has 0 saturated carbocycles. The van der Waals surface area contributed by atoms with E-state index in [1.54, 1.807) is 18.5 Å². The molecule has 2 N–H and O–H groups in total. The summed E-state index contributed by atoms with van der Waals surface area (Å²) >= 11 is 0. The van der Waals surface area contributed by atoms with Gasteiger partial charge in [0.05, 0.1) is 22.9 Å². The van der Waals surface area contributed by atoms with Crippen molar-refractivity contribution in [1.82, 2.24) is 20.2 Å². The smallest absolute Gasteiger partial charge is 0.123 e. The van der Waals surface area contributed by atoms with Crippen molar-refractivity contribution in [3.63, 3.8) is 0 Å². The third-order valence-corrected chi connectivity index (χ3v) is 6.15. The average molecular weight is 449 g/mol. The molecule has 0 atom stereocenters. The summed E-state index contributed by atoms with van der Waals surface area (Å²) in [6.07, 6.45) is 10.7. The van der Waals surface area contributed by atoms with E-state index in [9.17, 15) is 4.39 Å². The number of H-pyrrole nitrogens is 2. The van der Waals surface area contributed by atoms with Gasteiger partial charge in [0.2, 0.25) is 0 Å². The van der Waals surface area contributed by atoms with Crippen LogP contribution in [0.4, 0.5) is 4.39 Å². The number of benzene rings is 2. The Morgan fingerprint density at radius 2 is 1.94 bits per heavy atom. The molecule has 0 radical (unpaired) electrons. The van der Waals surface area contributed by atoms with Crippen LogP contribution in [0.25, 0.3) is 49.9 Å². The van der Waals surface area contributed by atoms with Gasteiger partial charge >= 0.3 is 0 Å². The summed E-state index contributed by atoms with van der Waals surface area (Å²) in [6, 6.07) is 14.9. The van der Waals surface area contributed by atoms with E-state index >= 15 is 0 Å². The molecule has 0 bridgehead atoms. The van der Waals surface area contributed by atoms with Crippen molar-refractivity contribution in [2.75, 3.05) is 0 Å². The van der Waals surface area contributed by atoms with Gasteiger partial charge in [0.25, 0.3) is 0 Å². The maximum atomic E-state index is 13.9. The molecule has 0 aliphatic rings. The molecular formula is C29H25FN4. The van der Waals surface area contributed by atoms with Gasteiger partial charge in [-0.25, -0.2) is 4.39 Å². The molecule has 5 rings (SSSR count). The zero-order valence-electron chi connectivity index (χ0n) is 19.2. The molecule has 0 fully saturated rings. The molecule has 0 saturated heterocycles. The Morgan fingerprint density at radius 3 is 2.71 bits per heavy atom. The third-order valence-electron chi connectivity index (χ3n) is 6.15. The maximum absolute atomic E-state index is 13.9. The summed E-state index contributed by atoms with van der Waals surface area (Å²) in [4.78, 5) is 7.81. The van der Waals surface area contributed by atoms with E-state index in [4.69, 9.17) is 0 Å². The minimum atomic E-state index is -0.271. The van der Waals surface area contributed by atoms with Gasteiger partial charge in [-0.15, -0.1) is 0 Å². The summed E-state index contributed by atoms with van der Waals surface area (Å²) < 4.78 is 13.9.